The van der Waals surface area contributed by atoms with E-state index in [9.17, 15) is 9.59 Å². The summed E-state index contributed by atoms with van der Waals surface area (Å²) >= 11 is 12.4. The Balaban J connectivity index is 2.10. The van der Waals surface area contributed by atoms with E-state index in [4.69, 9.17) is 23.2 Å². The van der Waals surface area contributed by atoms with E-state index in [1.807, 2.05) is 36.6 Å². The zero-order valence-electron chi connectivity index (χ0n) is 13.4. The Morgan fingerprint density at radius 1 is 1.17 bits per heavy atom. The Morgan fingerprint density at radius 2 is 1.88 bits per heavy atom. The minimum absolute atomic E-state index is 0.250. The van der Waals surface area contributed by atoms with Crippen LogP contribution in [0.5, 0.6) is 0 Å². The van der Waals surface area contributed by atoms with Crippen LogP contribution in [-0.2, 0) is 4.79 Å². The van der Waals surface area contributed by atoms with Crippen molar-refractivity contribution in [2.45, 2.75) is 13.8 Å². The number of aromatic nitrogens is 1. The lowest BCUT2D eigenvalue weighted by Crippen LogP contribution is -2.25. The molecular weight excluding hydrogens is 349 g/mol. The van der Waals surface area contributed by atoms with Gasteiger partial charge in [0.15, 0.2) is 0 Å². The van der Waals surface area contributed by atoms with Gasteiger partial charge in [0.25, 0.3) is 5.91 Å². The van der Waals surface area contributed by atoms with Crippen LogP contribution in [0.15, 0.2) is 30.0 Å². The zero-order valence-corrected chi connectivity index (χ0v) is 14.9. The van der Waals surface area contributed by atoms with Crippen LogP contribution in [0.1, 0.15) is 17.0 Å². The quantitative estimate of drug-likeness (QED) is 0.649. The highest BCUT2D eigenvalue weighted by Crippen LogP contribution is 2.32. The van der Waals surface area contributed by atoms with E-state index >= 15 is 0 Å². The molecule has 0 saturated carbocycles. The highest BCUT2D eigenvalue weighted by atomic mass is 35.5. The molecule has 1 aromatic carbocycles. The first-order chi connectivity index (χ1) is 11.3. The molecule has 0 bridgehead atoms. The topological polar surface area (TPSA) is 54.3 Å². The third-order valence-electron chi connectivity index (χ3n) is 4.02. The number of carbonyl (C=O) groups is 2. The average Bonchev–Trinajstić information content (AvgIpc) is 2.94. The molecule has 24 heavy (non-hydrogen) atoms. The largest absolute Gasteiger partial charge is 0.328 e. The Labute approximate surface area is 149 Å². The number of carbonyl (C=O) groups excluding carboxylic acids is 2. The minimum Gasteiger partial charge on any atom is -0.316 e. The van der Waals surface area contributed by atoms with Crippen LogP contribution in [0.25, 0.3) is 11.8 Å². The molecular formula is C17H15Cl2N3O2. The van der Waals surface area contributed by atoms with E-state index in [0.717, 1.165) is 27.5 Å². The summed E-state index contributed by atoms with van der Waals surface area (Å²) < 4.78 is 1.96. The molecule has 2 heterocycles. The van der Waals surface area contributed by atoms with Crippen molar-refractivity contribution in [1.29, 1.82) is 0 Å². The number of imide groups is 1. The van der Waals surface area contributed by atoms with Crippen LogP contribution in [0.2, 0.25) is 10.0 Å². The van der Waals surface area contributed by atoms with E-state index in [-0.39, 0.29) is 11.6 Å². The number of halogens is 2. The van der Waals surface area contributed by atoms with Crippen molar-refractivity contribution in [3.8, 4) is 5.69 Å². The summed E-state index contributed by atoms with van der Waals surface area (Å²) in [4.78, 5) is 24.6. The van der Waals surface area contributed by atoms with Crippen molar-refractivity contribution in [3.63, 3.8) is 0 Å². The van der Waals surface area contributed by atoms with Crippen LogP contribution in [0.4, 0.5) is 4.79 Å². The van der Waals surface area contributed by atoms with Gasteiger partial charge < -0.3 is 9.88 Å². The predicted molar refractivity (Wildman–Crippen MR) is 94.5 cm³/mol. The normalized spacial score (nSPS) is 16.2. The van der Waals surface area contributed by atoms with E-state index in [1.165, 1.54) is 7.05 Å². The molecule has 0 atom stereocenters. The van der Waals surface area contributed by atoms with Crippen molar-refractivity contribution >= 4 is 41.2 Å². The van der Waals surface area contributed by atoms with Gasteiger partial charge in [-0.1, -0.05) is 29.3 Å². The first-order valence-electron chi connectivity index (χ1n) is 7.25. The highest BCUT2D eigenvalue weighted by molar-refractivity contribution is 6.43. The van der Waals surface area contributed by atoms with E-state index < -0.39 is 6.03 Å². The third kappa shape index (κ3) is 2.60. The van der Waals surface area contributed by atoms with E-state index in [2.05, 4.69) is 5.32 Å². The summed E-state index contributed by atoms with van der Waals surface area (Å²) in [5, 5.41) is 3.50. The molecule has 0 aliphatic carbocycles. The van der Waals surface area contributed by atoms with E-state index in [0.29, 0.717) is 10.0 Å². The Bertz CT molecular complexity index is 899. The zero-order chi connectivity index (χ0) is 17.6. The molecule has 1 aliphatic rings. The van der Waals surface area contributed by atoms with Crippen LogP contribution in [0, 0.1) is 13.8 Å². The van der Waals surface area contributed by atoms with Crippen LogP contribution < -0.4 is 5.32 Å². The molecule has 1 saturated heterocycles. The number of aryl methyl sites for hydroxylation is 1. The van der Waals surface area contributed by atoms with Gasteiger partial charge in [0.1, 0.15) is 5.70 Å². The van der Waals surface area contributed by atoms with Crippen molar-refractivity contribution in [2.75, 3.05) is 7.05 Å². The fourth-order valence-corrected chi connectivity index (χ4v) is 3.13. The van der Waals surface area contributed by atoms with Gasteiger partial charge >= 0.3 is 6.03 Å². The summed E-state index contributed by atoms with van der Waals surface area (Å²) in [6.07, 6.45) is 1.67. The van der Waals surface area contributed by atoms with Gasteiger partial charge in [-0.25, -0.2) is 4.79 Å². The van der Waals surface area contributed by atoms with Crippen molar-refractivity contribution in [3.05, 3.63) is 57.0 Å². The monoisotopic (exact) mass is 363 g/mol. The van der Waals surface area contributed by atoms with Crippen LogP contribution in [-0.4, -0.2) is 28.5 Å². The van der Waals surface area contributed by atoms with Gasteiger partial charge in [-0.05, 0) is 43.7 Å². The standard InChI is InChI=1S/C17H15Cl2N3O2/c1-9-7-11(8-13-16(23)21(3)17(24)20-13)10(2)22(9)14-6-4-5-12(18)15(14)19/h4-8H,1-3H3,(H,20,24)/b13-8+. The van der Waals surface area contributed by atoms with Crippen molar-refractivity contribution in [1.82, 2.24) is 14.8 Å². The first-order valence-corrected chi connectivity index (χ1v) is 8.01. The Kier molecular flexibility index (Phi) is 4.15. The summed E-state index contributed by atoms with van der Waals surface area (Å²) in [6.45, 7) is 3.86. The third-order valence-corrected chi connectivity index (χ3v) is 4.83. The van der Waals surface area contributed by atoms with E-state index in [1.54, 1.807) is 12.1 Å². The van der Waals surface area contributed by atoms with Gasteiger partial charge in [0, 0.05) is 18.4 Å². The molecule has 1 fully saturated rings. The molecule has 1 aliphatic heterocycles. The molecule has 2 aromatic rings. The Morgan fingerprint density at radius 3 is 2.50 bits per heavy atom. The second kappa shape index (κ2) is 6.00. The number of likely N-dealkylation sites (N-methyl/N-ethyl adjacent to an activating group) is 1. The maximum absolute atomic E-state index is 12.0. The van der Waals surface area contributed by atoms with Gasteiger partial charge in [-0.15, -0.1) is 0 Å². The molecule has 1 N–H and O–H groups in total. The van der Waals surface area contributed by atoms with Gasteiger partial charge in [-0.3, -0.25) is 9.69 Å². The lowest BCUT2D eigenvalue weighted by molar-refractivity contribution is -0.121. The molecule has 0 spiro atoms. The molecule has 3 amide bonds. The van der Waals surface area contributed by atoms with Crippen LogP contribution >= 0.6 is 23.2 Å². The summed E-state index contributed by atoms with van der Waals surface area (Å²) in [5.74, 6) is -0.356. The van der Waals surface area contributed by atoms with Gasteiger partial charge in [-0.2, -0.15) is 0 Å². The number of nitrogens with zero attached hydrogens (tertiary/aromatic N) is 2. The number of hydrogen-bond donors (Lipinski definition) is 1. The number of rotatable bonds is 2. The van der Waals surface area contributed by atoms with Gasteiger partial charge in [0.05, 0.1) is 15.7 Å². The molecule has 0 radical (unpaired) electrons. The fraction of sp³-hybridized carbons (Fsp3) is 0.176. The summed E-state index contributed by atoms with van der Waals surface area (Å²) in [6, 6.07) is 6.93. The Hall–Kier alpha value is -2.24. The molecule has 124 valence electrons. The highest BCUT2D eigenvalue weighted by Gasteiger charge is 2.30. The number of hydrogen-bond acceptors (Lipinski definition) is 2. The second-order valence-electron chi connectivity index (χ2n) is 5.59. The predicted octanol–water partition coefficient (Wildman–Crippen LogP) is 3.92. The fourth-order valence-electron chi connectivity index (χ4n) is 2.75. The van der Waals surface area contributed by atoms with Crippen LogP contribution in [0.3, 0.4) is 0 Å². The molecule has 5 nitrogen and oxygen atoms in total. The smallest absolute Gasteiger partial charge is 0.316 e. The SMILES string of the molecule is Cc1cc(/C=C2/NC(=O)N(C)C2=O)c(C)n1-c1cccc(Cl)c1Cl. The number of amides is 3. The molecule has 7 heteroatoms. The molecule has 0 unspecified atom stereocenters. The number of urea groups is 1. The average molecular weight is 364 g/mol. The lowest BCUT2D eigenvalue weighted by Gasteiger charge is -2.12. The van der Waals surface area contributed by atoms with Gasteiger partial charge in [0.2, 0.25) is 0 Å². The molecule has 3 rings (SSSR count). The second-order valence-corrected chi connectivity index (χ2v) is 6.37. The maximum atomic E-state index is 12.0. The number of nitrogens with one attached hydrogen (secondary N) is 1. The molecule has 1 aromatic heterocycles. The summed E-state index contributed by atoms with van der Waals surface area (Å²) in [7, 11) is 1.44. The minimum atomic E-state index is -0.432. The maximum Gasteiger partial charge on any atom is 0.328 e. The summed E-state index contributed by atoms with van der Waals surface area (Å²) in [5.41, 5.74) is 3.67. The first kappa shape index (κ1) is 16.6. The lowest BCUT2D eigenvalue weighted by atomic mass is 10.2. The van der Waals surface area contributed by atoms with Crippen molar-refractivity contribution in [2.24, 2.45) is 0 Å². The van der Waals surface area contributed by atoms with Crippen molar-refractivity contribution < 1.29 is 9.59 Å². The number of benzene rings is 1.